The maximum atomic E-state index is 12.1. The van der Waals surface area contributed by atoms with Crippen molar-refractivity contribution in [3.8, 4) is 29.0 Å². The van der Waals surface area contributed by atoms with E-state index in [1.165, 1.54) is 13.2 Å². The summed E-state index contributed by atoms with van der Waals surface area (Å²) in [6.45, 7) is 1.57. The van der Waals surface area contributed by atoms with Gasteiger partial charge in [0, 0.05) is 11.6 Å². The minimum atomic E-state index is -0.705. The van der Waals surface area contributed by atoms with E-state index in [1.807, 2.05) is 36.4 Å². The van der Waals surface area contributed by atoms with E-state index >= 15 is 0 Å². The molecule has 1 atom stereocenters. The molecule has 3 rings (SSSR count). The Morgan fingerprint density at radius 2 is 2.00 bits per heavy atom. The highest BCUT2D eigenvalue weighted by atomic mass is 16.6. The lowest BCUT2D eigenvalue weighted by molar-refractivity contribution is -0.143. The fourth-order valence-electron chi connectivity index (χ4n) is 2.54. The molecule has 0 unspecified atom stereocenters. The van der Waals surface area contributed by atoms with Crippen LogP contribution in [0.15, 0.2) is 59.0 Å². The number of carbonyl (C=O) groups excluding carboxylic acids is 1. The molecule has 0 spiro atoms. The fourth-order valence-corrected chi connectivity index (χ4v) is 2.54. The minimum Gasteiger partial charge on any atom is -0.493 e. The molecule has 1 heterocycles. The molecule has 0 radical (unpaired) electrons. The fraction of sp³-hybridized carbons (Fsp3) is 0.182. The van der Waals surface area contributed by atoms with Gasteiger partial charge in [0.25, 0.3) is 5.89 Å². The Hall–Kier alpha value is -4.12. The number of nitriles is 1. The number of rotatable bonds is 8. The number of methoxy groups -OCH3 is 1. The first kappa shape index (κ1) is 20.6. The Balaban J connectivity index is 1.62. The van der Waals surface area contributed by atoms with Crippen molar-refractivity contribution in [1.82, 2.24) is 10.2 Å². The first-order valence-electron chi connectivity index (χ1n) is 9.06. The first-order valence-corrected chi connectivity index (χ1v) is 9.06. The van der Waals surface area contributed by atoms with Gasteiger partial charge >= 0.3 is 5.97 Å². The van der Waals surface area contributed by atoms with Gasteiger partial charge in [0.1, 0.15) is 6.07 Å². The zero-order valence-corrected chi connectivity index (χ0v) is 16.4. The monoisotopic (exact) mass is 405 g/mol. The van der Waals surface area contributed by atoms with Gasteiger partial charge in [-0.05, 0) is 42.8 Å². The van der Waals surface area contributed by atoms with E-state index in [9.17, 15) is 4.79 Å². The highest BCUT2D eigenvalue weighted by Crippen LogP contribution is 2.28. The van der Waals surface area contributed by atoms with Crippen LogP contribution in [0.4, 0.5) is 0 Å². The van der Waals surface area contributed by atoms with Crippen LogP contribution in [0.3, 0.4) is 0 Å². The minimum absolute atomic E-state index is 0.0859. The maximum Gasteiger partial charge on any atom is 0.331 e. The van der Waals surface area contributed by atoms with E-state index in [0.29, 0.717) is 23.0 Å². The Labute approximate surface area is 173 Å². The van der Waals surface area contributed by atoms with Crippen LogP contribution in [0.2, 0.25) is 0 Å². The highest BCUT2D eigenvalue weighted by Gasteiger charge is 2.18. The summed E-state index contributed by atoms with van der Waals surface area (Å²) >= 11 is 0. The molecule has 0 fully saturated rings. The SMILES string of the molecule is COc1cc(/C=C/C(=O)O[C@H](C)c2nnc(-c3ccccc3)o2)ccc1OCC#N. The van der Waals surface area contributed by atoms with Crippen molar-refractivity contribution in [2.75, 3.05) is 13.7 Å². The van der Waals surface area contributed by atoms with Gasteiger partial charge in [-0.1, -0.05) is 24.3 Å². The maximum absolute atomic E-state index is 12.1. The number of esters is 1. The number of hydrogen-bond donors (Lipinski definition) is 0. The summed E-state index contributed by atoms with van der Waals surface area (Å²) in [6, 6.07) is 16.3. The van der Waals surface area contributed by atoms with E-state index in [1.54, 1.807) is 31.2 Å². The van der Waals surface area contributed by atoms with Gasteiger partial charge in [-0.25, -0.2) is 4.79 Å². The van der Waals surface area contributed by atoms with Gasteiger partial charge in [-0.2, -0.15) is 5.26 Å². The summed E-state index contributed by atoms with van der Waals surface area (Å²) in [5.74, 6) is 0.892. The van der Waals surface area contributed by atoms with Crippen LogP contribution in [0.1, 0.15) is 24.5 Å². The average Bonchev–Trinajstić information content (AvgIpc) is 3.27. The van der Waals surface area contributed by atoms with Gasteiger partial charge in [0.15, 0.2) is 24.2 Å². The molecule has 0 bridgehead atoms. The molecule has 152 valence electrons. The molecule has 0 aliphatic rings. The molecular weight excluding hydrogens is 386 g/mol. The molecule has 0 aliphatic heterocycles. The Kier molecular flexibility index (Phi) is 6.79. The van der Waals surface area contributed by atoms with Crippen molar-refractivity contribution < 1.29 is 23.4 Å². The van der Waals surface area contributed by atoms with Crippen LogP contribution >= 0.6 is 0 Å². The number of hydrogen-bond acceptors (Lipinski definition) is 8. The van der Waals surface area contributed by atoms with Gasteiger partial charge in [-0.3, -0.25) is 0 Å². The van der Waals surface area contributed by atoms with Crippen molar-refractivity contribution in [3.63, 3.8) is 0 Å². The molecule has 30 heavy (non-hydrogen) atoms. The van der Waals surface area contributed by atoms with Crippen LogP contribution in [0.5, 0.6) is 11.5 Å². The molecule has 0 saturated carbocycles. The molecule has 0 amide bonds. The second-order valence-electron chi connectivity index (χ2n) is 6.08. The van der Waals surface area contributed by atoms with Crippen molar-refractivity contribution in [3.05, 3.63) is 66.1 Å². The number of carbonyl (C=O) groups is 1. The van der Waals surface area contributed by atoms with Crippen LogP contribution < -0.4 is 9.47 Å². The molecule has 1 aromatic heterocycles. The zero-order chi connectivity index (χ0) is 21.3. The van der Waals surface area contributed by atoms with E-state index in [0.717, 1.165) is 5.56 Å². The predicted octanol–water partition coefficient (Wildman–Crippen LogP) is 3.97. The Morgan fingerprint density at radius 1 is 1.20 bits per heavy atom. The van der Waals surface area contributed by atoms with Crippen molar-refractivity contribution in [2.45, 2.75) is 13.0 Å². The third kappa shape index (κ3) is 5.23. The van der Waals surface area contributed by atoms with Crippen LogP contribution in [0, 0.1) is 11.3 Å². The third-order valence-electron chi connectivity index (χ3n) is 3.99. The summed E-state index contributed by atoms with van der Waals surface area (Å²) in [5.41, 5.74) is 1.48. The number of benzene rings is 2. The summed E-state index contributed by atoms with van der Waals surface area (Å²) in [6.07, 6.45) is 2.16. The summed E-state index contributed by atoms with van der Waals surface area (Å²) in [4.78, 5) is 12.1. The molecular formula is C22H19N3O5. The van der Waals surface area contributed by atoms with Gasteiger partial charge < -0.3 is 18.6 Å². The summed E-state index contributed by atoms with van der Waals surface area (Å²) in [7, 11) is 1.49. The van der Waals surface area contributed by atoms with Crippen LogP contribution in [0.25, 0.3) is 17.5 Å². The molecule has 0 saturated heterocycles. The summed E-state index contributed by atoms with van der Waals surface area (Å²) < 4.78 is 21.4. The van der Waals surface area contributed by atoms with Gasteiger partial charge in [0.05, 0.1) is 7.11 Å². The zero-order valence-electron chi connectivity index (χ0n) is 16.4. The lowest BCUT2D eigenvalue weighted by Gasteiger charge is -2.09. The van der Waals surface area contributed by atoms with Crippen LogP contribution in [-0.4, -0.2) is 29.9 Å². The topological polar surface area (TPSA) is 107 Å². The quantitative estimate of drug-likeness (QED) is 0.409. The van der Waals surface area contributed by atoms with Gasteiger partial charge in [0.2, 0.25) is 5.89 Å². The normalized spacial score (nSPS) is 11.6. The lowest BCUT2D eigenvalue weighted by Crippen LogP contribution is -2.06. The number of ether oxygens (including phenoxy) is 3. The lowest BCUT2D eigenvalue weighted by atomic mass is 10.2. The second-order valence-corrected chi connectivity index (χ2v) is 6.08. The molecule has 8 heteroatoms. The molecule has 2 aromatic carbocycles. The van der Waals surface area contributed by atoms with Gasteiger partial charge in [-0.15, -0.1) is 10.2 Å². The molecule has 8 nitrogen and oxygen atoms in total. The van der Waals surface area contributed by atoms with Crippen molar-refractivity contribution in [2.24, 2.45) is 0 Å². The number of aromatic nitrogens is 2. The van der Waals surface area contributed by atoms with E-state index < -0.39 is 12.1 Å². The highest BCUT2D eigenvalue weighted by molar-refractivity contribution is 5.87. The molecule has 0 aliphatic carbocycles. The predicted molar refractivity (Wildman–Crippen MR) is 107 cm³/mol. The Morgan fingerprint density at radius 3 is 2.73 bits per heavy atom. The first-order chi connectivity index (χ1) is 14.6. The van der Waals surface area contributed by atoms with Crippen molar-refractivity contribution in [1.29, 1.82) is 5.26 Å². The third-order valence-corrected chi connectivity index (χ3v) is 3.99. The smallest absolute Gasteiger partial charge is 0.331 e. The Bertz CT molecular complexity index is 1070. The molecule has 3 aromatic rings. The van der Waals surface area contributed by atoms with E-state index in [2.05, 4.69) is 10.2 Å². The molecule has 0 N–H and O–H groups in total. The second kappa shape index (κ2) is 9.89. The average molecular weight is 405 g/mol. The van der Waals surface area contributed by atoms with E-state index in [4.69, 9.17) is 23.9 Å². The number of nitrogens with zero attached hydrogens (tertiary/aromatic N) is 3. The van der Waals surface area contributed by atoms with E-state index in [-0.39, 0.29) is 12.5 Å². The van der Waals surface area contributed by atoms with Crippen molar-refractivity contribution >= 4 is 12.0 Å². The largest absolute Gasteiger partial charge is 0.493 e. The standard InChI is InChI=1S/C22H19N3O5/c1-15(21-24-25-22(30-21)17-6-4-3-5-7-17)29-20(26)11-9-16-8-10-18(28-13-12-23)19(14-16)27-2/h3-11,14-15H,13H2,1-2H3/b11-9+/t15-/m1/s1. The van der Waals surface area contributed by atoms with Crippen LogP contribution in [-0.2, 0) is 9.53 Å². The summed E-state index contributed by atoms with van der Waals surface area (Å²) in [5, 5.41) is 16.5.